The van der Waals surface area contributed by atoms with Gasteiger partial charge in [-0.15, -0.1) is 0 Å². The third-order valence-electron chi connectivity index (χ3n) is 3.26. The molecule has 23 heavy (non-hydrogen) atoms. The summed E-state index contributed by atoms with van der Waals surface area (Å²) in [5.74, 6) is 0.626. The van der Waals surface area contributed by atoms with Gasteiger partial charge in [0, 0.05) is 17.5 Å². The molecular weight excluding hydrogens is 318 g/mol. The number of rotatable bonds is 8. The Balaban J connectivity index is 2.32. The predicted molar refractivity (Wildman–Crippen MR) is 88.8 cm³/mol. The lowest BCUT2D eigenvalue weighted by Crippen LogP contribution is -2.28. The van der Waals surface area contributed by atoms with Crippen LogP contribution >= 0.6 is 0 Å². The minimum atomic E-state index is -4.29. The number of hydrogen-bond donors (Lipinski definition) is 2. The van der Waals surface area contributed by atoms with Crippen LogP contribution in [0.1, 0.15) is 31.9 Å². The zero-order chi connectivity index (χ0) is 17.0. The molecule has 1 aromatic carbocycles. The summed E-state index contributed by atoms with van der Waals surface area (Å²) in [4.78, 5) is 0. The summed E-state index contributed by atoms with van der Waals surface area (Å²) >= 11 is 0. The average Bonchev–Trinajstić information content (AvgIpc) is 2.84. The van der Waals surface area contributed by atoms with Crippen molar-refractivity contribution in [2.45, 2.75) is 26.3 Å². The zero-order valence-electron chi connectivity index (χ0n) is 13.2. The molecule has 1 aromatic heterocycles. The lowest BCUT2D eigenvalue weighted by atomic mass is 9.97. The molecular formula is C16H21NO5S. The molecule has 0 aliphatic heterocycles. The van der Waals surface area contributed by atoms with E-state index in [-0.39, 0.29) is 5.92 Å². The first-order valence-corrected chi connectivity index (χ1v) is 8.74. The second-order valence-corrected chi connectivity index (χ2v) is 6.92. The molecule has 126 valence electrons. The molecule has 1 unspecified atom stereocenters. The topological polar surface area (TPSA) is 88.8 Å². The molecule has 2 aromatic rings. The van der Waals surface area contributed by atoms with E-state index in [1.54, 1.807) is 24.3 Å². The molecule has 2 rings (SSSR count). The van der Waals surface area contributed by atoms with Crippen molar-refractivity contribution < 1.29 is 22.1 Å². The van der Waals surface area contributed by atoms with Crippen molar-refractivity contribution in [2.24, 2.45) is 5.92 Å². The van der Waals surface area contributed by atoms with Crippen LogP contribution in [0.2, 0.25) is 0 Å². The second kappa shape index (κ2) is 7.16. The summed E-state index contributed by atoms with van der Waals surface area (Å²) in [6.07, 6.45) is 2.18. The SMILES string of the molecule is C=CCOc1cc2cc(C(CC(C)C)NS(=O)(=O)O)ccc2o1. The van der Waals surface area contributed by atoms with Crippen LogP contribution in [-0.2, 0) is 10.3 Å². The zero-order valence-corrected chi connectivity index (χ0v) is 14.0. The third-order valence-corrected chi connectivity index (χ3v) is 3.84. The van der Waals surface area contributed by atoms with E-state index in [9.17, 15) is 8.42 Å². The predicted octanol–water partition coefficient (Wildman–Crippen LogP) is 3.48. The molecule has 0 saturated carbocycles. The van der Waals surface area contributed by atoms with Crippen molar-refractivity contribution in [3.63, 3.8) is 0 Å². The highest BCUT2D eigenvalue weighted by atomic mass is 32.2. The number of ether oxygens (including phenoxy) is 1. The summed E-state index contributed by atoms with van der Waals surface area (Å²) in [6.45, 7) is 7.88. The fourth-order valence-electron chi connectivity index (χ4n) is 2.37. The summed E-state index contributed by atoms with van der Waals surface area (Å²) in [6, 6.07) is 6.58. The van der Waals surface area contributed by atoms with Crippen molar-refractivity contribution in [3.8, 4) is 5.95 Å². The molecule has 6 nitrogen and oxygen atoms in total. The van der Waals surface area contributed by atoms with Gasteiger partial charge in [0.2, 0.25) is 0 Å². The molecule has 1 heterocycles. The summed E-state index contributed by atoms with van der Waals surface area (Å²) in [5, 5.41) is 0.799. The summed E-state index contributed by atoms with van der Waals surface area (Å²) < 4.78 is 44.6. The van der Waals surface area contributed by atoms with Crippen LogP contribution in [0.15, 0.2) is 41.3 Å². The van der Waals surface area contributed by atoms with E-state index in [0.717, 1.165) is 10.9 Å². The number of nitrogens with one attached hydrogen (secondary N) is 1. The highest BCUT2D eigenvalue weighted by Gasteiger charge is 2.19. The largest absolute Gasteiger partial charge is 0.461 e. The first-order valence-electron chi connectivity index (χ1n) is 7.30. The molecule has 0 radical (unpaired) electrons. The van der Waals surface area contributed by atoms with Gasteiger partial charge in [-0.2, -0.15) is 13.1 Å². The van der Waals surface area contributed by atoms with Gasteiger partial charge in [0.15, 0.2) is 0 Å². The van der Waals surface area contributed by atoms with Crippen molar-refractivity contribution in [1.29, 1.82) is 0 Å². The van der Waals surface area contributed by atoms with E-state index in [4.69, 9.17) is 13.7 Å². The minimum absolute atomic E-state index is 0.251. The molecule has 0 amide bonds. The molecule has 0 aliphatic rings. The highest BCUT2D eigenvalue weighted by Crippen LogP contribution is 2.30. The minimum Gasteiger partial charge on any atom is -0.461 e. The molecule has 2 N–H and O–H groups in total. The fraction of sp³-hybridized carbons (Fsp3) is 0.375. The van der Waals surface area contributed by atoms with Crippen LogP contribution in [0, 0.1) is 5.92 Å². The smallest absolute Gasteiger partial charge is 0.333 e. The van der Waals surface area contributed by atoms with Crippen molar-refractivity contribution in [1.82, 2.24) is 4.72 Å². The van der Waals surface area contributed by atoms with Crippen LogP contribution in [0.25, 0.3) is 11.0 Å². The number of fused-ring (bicyclic) bond motifs is 1. The Bertz CT molecular complexity index is 779. The summed E-state index contributed by atoms with van der Waals surface area (Å²) in [7, 11) is -4.29. The molecule has 1 atom stereocenters. The Morgan fingerprint density at radius 3 is 2.74 bits per heavy atom. The second-order valence-electron chi connectivity index (χ2n) is 5.74. The number of furan rings is 1. The molecule has 0 aliphatic carbocycles. The van der Waals surface area contributed by atoms with Gasteiger partial charge in [0.25, 0.3) is 5.95 Å². The average molecular weight is 339 g/mol. The van der Waals surface area contributed by atoms with Crippen LogP contribution in [0.4, 0.5) is 0 Å². The number of benzene rings is 1. The van der Waals surface area contributed by atoms with Crippen LogP contribution in [0.3, 0.4) is 0 Å². The Kier molecular flexibility index (Phi) is 5.46. The van der Waals surface area contributed by atoms with Crippen molar-refractivity contribution >= 4 is 21.3 Å². The summed E-state index contributed by atoms with van der Waals surface area (Å²) in [5.41, 5.74) is 1.39. The van der Waals surface area contributed by atoms with Crippen molar-refractivity contribution in [3.05, 3.63) is 42.5 Å². The van der Waals surface area contributed by atoms with Crippen LogP contribution in [0.5, 0.6) is 5.95 Å². The highest BCUT2D eigenvalue weighted by molar-refractivity contribution is 7.83. The van der Waals surface area contributed by atoms with Crippen LogP contribution in [-0.4, -0.2) is 19.6 Å². The lowest BCUT2D eigenvalue weighted by Gasteiger charge is -2.19. The first kappa shape index (κ1) is 17.5. The van der Waals surface area contributed by atoms with Gasteiger partial charge in [-0.25, -0.2) is 0 Å². The Hall–Kier alpha value is -1.83. The maximum absolute atomic E-state index is 11.2. The lowest BCUT2D eigenvalue weighted by molar-refractivity contribution is 0.281. The third kappa shape index (κ3) is 5.09. The fourth-order valence-corrected chi connectivity index (χ4v) is 2.96. The van der Waals surface area contributed by atoms with Gasteiger partial charge < -0.3 is 9.15 Å². The number of hydrogen-bond acceptors (Lipinski definition) is 4. The molecule has 7 heteroatoms. The van der Waals surface area contributed by atoms with Gasteiger partial charge in [-0.3, -0.25) is 4.55 Å². The standard InChI is InChI=1S/C16H21NO5S/c1-4-7-21-16-10-13-9-12(5-6-15(13)22-16)14(8-11(2)3)17-23(18,19)20/h4-6,9-11,14,17H,1,7-8H2,2-3H3,(H,18,19,20). The van der Waals surface area contributed by atoms with E-state index in [0.29, 0.717) is 24.6 Å². The quantitative estimate of drug-likeness (QED) is 0.568. The van der Waals surface area contributed by atoms with E-state index in [1.165, 1.54) is 0 Å². The Labute approximate surface area is 136 Å². The van der Waals surface area contributed by atoms with Gasteiger partial charge in [0.1, 0.15) is 12.2 Å². The van der Waals surface area contributed by atoms with Gasteiger partial charge in [-0.1, -0.05) is 32.6 Å². The van der Waals surface area contributed by atoms with Crippen molar-refractivity contribution in [2.75, 3.05) is 6.61 Å². The Morgan fingerprint density at radius 1 is 1.39 bits per heavy atom. The van der Waals surface area contributed by atoms with Gasteiger partial charge in [0.05, 0.1) is 0 Å². The maximum Gasteiger partial charge on any atom is 0.333 e. The van der Waals surface area contributed by atoms with E-state index in [2.05, 4.69) is 11.3 Å². The first-order chi connectivity index (χ1) is 10.8. The van der Waals surface area contributed by atoms with Gasteiger partial charge >= 0.3 is 10.3 Å². The van der Waals surface area contributed by atoms with E-state index < -0.39 is 16.3 Å². The monoisotopic (exact) mass is 339 g/mol. The van der Waals surface area contributed by atoms with Gasteiger partial charge in [-0.05, 0) is 30.0 Å². The molecule has 0 bridgehead atoms. The maximum atomic E-state index is 11.2. The molecule has 0 spiro atoms. The van der Waals surface area contributed by atoms with E-state index in [1.807, 2.05) is 19.9 Å². The molecule has 0 fully saturated rings. The normalized spacial score (nSPS) is 13.4. The van der Waals surface area contributed by atoms with E-state index >= 15 is 0 Å². The Morgan fingerprint density at radius 2 is 2.13 bits per heavy atom. The molecule has 0 saturated heterocycles. The van der Waals surface area contributed by atoms with Crippen LogP contribution < -0.4 is 9.46 Å².